The number of aliphatic hydroxyl groups is 1. The molecule has 1 aromatic carbocycles. The highest BCUT2D eigenvalue weighted by Gasteiger charge is 2.70. The number of fused-ring (bicyclic) bond motifs is 4. The number of imide groups is 1. The van der Waals surface area contributed by atoms with Crippen LogP contribution in [0, 0.1) is 11.8 Å². The Morgan fingerprint density at radius 1 is 1.23 bits per heavy atom. The SMILES string of the molecule is CCCCN1C(=O)C2C(C(C)O)NC3(C(=O)Nc4ccccc43)C2C1=O. The van der Waals surface area contributed by atoms with Gasteiger partial charge in [-0.2, -0.15) is 0 Å². The van der Waals surface area contributed by atoms with Crippen molar-refractivity contribution in [3.05, 3.63) is 29.8 Å². The molecule has 3 N–H and O–H groups in total. The van der Waals surface area contributed by atoms with Crippen LogP contribution in [-0.4, -0.2) is 46.4 Å². The molecule has 1 spiro atoms. The molecule has 0 aromatic heterocycles. The smallest absolute Gasteiger partial charge is 0.250 e. The lowest BCUT2D eigenvalue weighted by Crippen LogP contribution is -2.54. The van der Waals surface area contributed by atoms with Gasteiger partial charge in [0.1, 0.15) is 5.54 Å². The van der Waals surface area contributed by atoms with Crippen molar-refractivity contribution in [2.24, 2.45) is 11.8 Å². The Balaban J connectivity index is 1.85. The summed E-state index contributed by atoms with van der Waals surface area (Å²) in [6, 6.07) is 6.55. The van der Waals surface area contributed by atoms with Crippen LogP contribution in [0.3, 0.4) is 0 Å². The Labute approximate surface area is 151 Å². The number of nitrogens with zero attached hydrogens (tertiary/aromatic N) is 1. The third kappa shape index (κ3) is 2.04. The number of nitrogens with one attached hydrogen (secondary N) is 2. The minimum absolute atomic E-state index is 0.291. The molecule has 5 atom stereocenters. The molecule has 3 amide bonds. The van der Waals surface area contributed by atoms with Crippen LogP contribution < -0.4 is 10.6 Å². The number of carbonyl (C=O) groups excluding carboxylic acids is 3. The number of anilines is 1. The number of likely N-dealkylation sites (tertiary alicyclic amines) is 1. The Kier molecular flexibility index (Phi) is 3.89. The van der Waals surface area contributed by atoms with Crippen molar-refractivity contribution in [1.82, 2.24) is 10.2 Å². The van der Waals surface area contributed by atoms with Gasteiger partial charge in [0, 0.05) is 23.8 Å². The first-order chi connectivity index (χ1) is 12.4. The summed E-state index contributed by atoms with van der Waals surface area (Å²) >= 11 is 0. The van der Waals surface area contributed by atoms with Gasteiger partial charge in [-0.25, -0.2) is 0 Å². The first kappa shape index (κ1) is 17.2. The fourth-order valence-electron chi connectivity index (χ4n) is 4.70. The second-order valence-corrected chi connectivity index (χ2v) is 7.40. The zero-order valence-corrected chi connectivity index (χ0v) is 14.9. The predicted molar refractivity (Wildman–Crippen MR) is 94.0 cm³/mol. The number of rotatable bonds is 4. The Hall–Kier alpha value is -2.25. The molecule has 0 radical (unpaired) electrons. The first-order valence-corrected chi connectivity index (χ1v) is 9.15. The van der Waals surface area contributed by atoms with Gasteiger partial charge in [-0.05, 0) is 19.4 Å². The maximum absolute atomic E-state index is 13.2. The Bertz CT molecular complexity index is 793. The summed E-state index contributed by atoms with van der Waals surface area (Å²) in [5.41, 5.74) is 0.000255. The molecule has 3 heterocycles. The van der Waals surface area contributed by atoms with Crippen LogP contribution >= 0.6 is 0 Å². The number of carbonyl (C=O) groups is 3. The molecule has 7 nitrogen and oxygen atoms in total. The van der Waals surface area contributed by atoms with Crippen molar-refractivity contribution in [3.63, 3.8) is 0 Å². The average molecular weight is 357 g/mol. The standard InChI is InChI=1S/C19H23N3O4/c1-3-4-9-22-16(24)13-14(17(22)25)19(21-15(13)10(2)23)11-7-5-6-8-12(11)20-18(19)26/h5-8,10,13-15,21,23H,3-4,9H2,1-2H3,(H,20,26). The number of amides is 3. The van der Waals surface area contributed by atoms with Crippen LogP contribution in [0.2, 0.25) is 0 Å². The van der Waals surface area contributed by atoms with Crippen molar-refractivity contribution in [2.45, 2.75) is 44.4 Å². The number of benzene rings is 1. The van der Waals surface area contributed by atoms with E-state index >= 15 is 0 Å². The van der Waals surface area contributed by atoms with Gasteiger partial charge >= 0.3 is 0 Å². The van der Waals surface area contributed by atoms with E-state index in [9.17, 15) is 19.5 Å². The van der Waals surface area contributed by atoms with E-state index in [0.29, 0.717) is 17.8 Å². The van der Waals surface area contributed by atoms with Crippen LogP contribution in [0.5, 0.6) is 0 Å². The van der Waals surface area contributed by atoms with E-state index < -0.39 is 29.5 Å². The van der Waals surface area contributed by atoms with Crippen molar-refractivity contribution < 1.29 is 19.5 Å². The molecule has 2 fully saturated rings. The molecule has 0 aliphatic carbocycles. The third-order valence-corrected chi connectivity index (χ3v) is 5.90. The number of aliphatic hydroxyl groups excluding tert-OH is 1. The molecule has 0 bridgehead atoms. The minimum atomic E-state index is -1.31. The summed E-state index contributed by atoms with van der Waals surface area (Å²) in [6.45, 7) is 3.93. The van der Waals surface area contributed by atoms with Gasteiger partial charge in [0.25, 0.3) is 0 Å². The van der Waals surface area contributed by atoms with Crippen LogP contribution in [0.1, 0.15) is 32.3 Å². The molecule has 2 saturated heterocycles. The fraction of sp³-hybridized carbons (Fsp3) is 0.526. The first-order valence-electron chi connectivity index (χ1n) is 9.15. The normalized spacial score (nSPS) is 33.6. The summed E-state index contributed by atoms with van der Waals surface area (Å²) in [7, 11) is 0. The maximum Gasteiger partial charge on any atom is 0.250 e. The monoisotopic (exact) mass is 357 g/mol. The lowest BCUT2D eigenvalue weighted by Gasteiger charge is -2.30. The number of hydrogen-bond donors (Lipinski definition) is 3. The highest BCUT2D eigenvalue weighted by molar-refractivity contribution is 6.15. The van der Waals surface area contributed by atoms with E-state index in [1.807, 2.05) is 19.1 Å². The minimum Gasteiger partial charge on any atom is -0.392 e. The van der Waals surface area contributed by atoms with Crippen molar-refractivity contribution >= 4 is 23.4 Å². The van der Waals surface area contributed by atoms with E-state index in [-0.39, 0.29) is 17.7 Å². The lowest BCUT2D eigenvalue weighted by atomic mass is 9.76. The van der Waals surface area contributed by atoms with Gasteiger partial charge < -0.3 is 10.4 Å². The van der Waals surface area contributed by atoms with Crippen molar-refractivity contribution in [3.8, 4) is 0 Å². The molecule has 138 valence electrons. The zero-order valence-electron chi connectivity index (χ0n) is 14.9. The summed E-state index contributed by atoms with van der Waals surface area (Å²) in [4.78, 5) is 40.5. The fourth-order valence-corrected chi connectivity index (χ4v) is 4.70. The zero-order chi connectivity index (χ0) is 18.6. The quantitative estimate of drug-likeness (QED) is 0.685. The Morgan fingerprint density at radius 3 is 2.65 bits per heavy atom. The van der Waals surface area contributed by atoms with Crippen LogP contribution in [-0.2, 0) is 19.9 Å². The average Bonchev–Trinajstić information content (AvgIpc) is 3.20. The van der Waals surface area contributed by atoms with Crippen LogP contribution in [0.25, 0.3) is 0 Å². The van der Waals surface area contributed by atoms with E-state index in [1.165, 1.54) is 4.90 Å². The van der Waals surface area contributed by atoms with Gasteiger partial charge in [0.15, 0.2) is 0 Å². The molecule has 3 aliphatic rings. The maximum atomic E-state index is 13.2. The highest BCUT2D eigenvalue weighted by atomic mass is 16.3. The number of hydrogen-bond acceptors (Lipinski definition) is 5. The van der Waals surface area contributed by atoms with E-state index in [2.05, 4.69) is 10.6 Å². The van der Waals surface area contributed by atoms with Gasteiger partial charge in [-0.15, -0.1) is 0 Å². The van der Waals surface area contributed by atoms with Crippen molar-refractivity contribution in [1.29, 1.82) is 0 Å². The van der Waals surface area contributed by atoms with Crippen molar-refractivity contribution in [2.75, 3.05) is 11.9 Å². The summed E-state index contributed by atoms with van der Waals surface area (Å²) in [5.74, 6) is -2.53. The third-order valence-electron chi connectivity index (χ3n) is 5.90. The molecule has 0 saturated carbocycles. The second-order valence-electron chi connectivity index (χ2n) is 7.40. The molecule has 3 aliphatic heterocycles. The molecule has 7 heteroatoms. The molecular formula is C19H23N3O4. The van der Waals surface area contributed by atoms with Crippen LogP contribution in [0.15, 0.2) is 24.3 Å². The lowest BCUT2D eigenvalue weighted by molar-refractivity contribution is -0.143. The van der Waals surface area contributed by atoms with E-state index in [4.69, 9.17) is 0 Å². The Morgan fingerprint density at radius 2 is 1.96 bits per heavy atom. The second kappa shape index (κ2) is 5.89. The van der Waals surface area contributed by atoms with Crippen LogP contribution in [0.4, 0.5) is 5.69 Å². The topological polar surface area (TPSA) is 98.7 Å². The predicted octanol–water partition coefficient (Wildman–Crippen LogP) is 0.588. The van der Waals surface area contributed by atoms with E-state index in [0.717, 1.165) is 12.8 Å². The molecule has 1 aromatic rings. The van der Waals surface area contributed by atoms with Gasteiger partial charge in [-0.3, -0.25) is 24.6 Å². The summed E-state index contributed by atoms with van der Waals surface area (Å²) in [6.07, 6.45) is 0.712. The van der Waals surface area contributed by atoms with Gasteiger partial charge in [0.05, 0.1) is 17.9 Å². The van der Waals surface area contributed by atoms with E-state index in [1.54, 1.807) is 19.1 Å². The molecule has 5 unspecified atom stereocenters. The molecule has 26 heavy (non-hydrogen) atoms. The molecule has 4 rings (SSSR count). The number of unbranched alkanes of at least 4 members (excludes halogenated alkanes) is 1. The number of para-hydroxylation sites is 1. The molecular weight excluding hydrogens is 334 g/mol. The van der Waals surface area contributed by atoms with Gasteiger partial charge in [-0.1, -0.05) is 31.5 Å². The van der Waals surface area contributed by atoms with Gasteiger partial charge in [0.2, 0.25) is 17.7 Å². The summed E-state index contributed by atoms with van der Waals surface area (Å²) in [5, 5.41) is 16.3. The summed E-state index contributed by atoms with van der Waals surface area (Å²) < 4.78 is 0. The largest absolute Gasteiger partial charge is 0.392 e. The highest BCUT2D eigenvalue weighted by Crippen LogP contribution is 2.53.